The lowest BCUT2D eigenvalue weighted by molar-refractivity contribution is 0.232. The van der Waals surface area contributed by atoms with E-state index in [0.717, 1.165) is 29.0 Å². The molecule has 0 saturated heterocycles. The highest BCUT2D eigenvalue weighted by Gasteiger charge is 2.15. The number of fused-ring (bicyclic) bond motifs is 1. The summed E-state index contributed by atoms with van der Waals surface area (Å²) < 4.78 is 1.78. The Morgan fingerprint density at radius 3 is 2.87 bits per heavy atom. The first-order valence-electron chi connectivity index (χ1n) is 7.62. The van der Waals surface area contributed by atoms with Gasteiger partial charge in [0.15, 0.2) is 5.65 Å². The quantitative estimate of drug-likeness (QED) is 0.725. The highest BCUT2D eigenvalue weighted by atomic mass is 32.1. The minimum atomic E-state index is 0.141. The third-order valence-electron chi connectivity index (χ3n) is 3.89. The highest BCUT2D eigenvalue weighted by Crippen LogP contribution is 2.24. The molecule has 6 nitrogen and oxygen atoms in total. The van der Waals surface area contributed by atoms with Crippen LogP contribution in [0.3, 0.4) is 0 Å². The lowest BCUT2D eigenvalue weighted by Gasteiger charge is -2.15. The zero-order valence-electron chi connectivity index (χ0n) is 13.6. The summed E-state index contributed by atoms with van der Waals surface area (Å²) >= 11 is 1.68. The van der Waals surface area contributed by atoms with Gasteiger partial charge in [0.1, 0.15) is 11.6 Å². The van der Waals surface area contributed by atoms with Gasteiger partial charge >= 0.3 is 0 Å². The molecule has 23 heavy (non-hydrogen) atoms. The predicted molar refractivity (Wildman–Crippen MR) is 92.9 cm³/mol. The van der Waals surface area contributed by atoms with Crippen molar-refractivity contribution in [1.29, 1.82) is 0 Å². The number of aromatic nitrogens is 4. The zero-order valence-corrected chi connectivity index (χ0v) is 14.4. The second kappa shape index (κ2) is 6.64. The fourth-order valence-electron chi connectivity index (χ4n) is 2.76. The molecule has 2 N–H and O–H groups in total. The van der Waals surface area contributed by atoms with Crippen molar-refractivity contribution in [2.75, 3.05) is 18.5 Å². The van der Waals surface area contributed by atoms with E-state index in [0.29, 0.717) is 12.4 Å². The first kappa shape index (κ1) is 15.9. The van der Waals surface area contributed by atoms with Crippen molar-refractivity contribution in [2.24, 2.45) is 13.0 Å². The minimum absolute atomic E-state index is 0.141. The van der Waals surface area contributed by atoms with Crippen molar-refractivity contribution in [2.45, 2.75) is 20.3 Å². The first-order valence-corrected chi connectivity index (χ1v) is 8.56. The van der Waals surface area contributed by atoms with E-state index in [1.54, 1.807) is 16.0 Å². The van der Waals surface area contributed by atoms with Crippen LogP contribution < -0.4 is 5.32 Å². The summed E-state index contributed by atoms with van der Waals surface area (Å²) in [6.07, 6.45) is 0.853. The van der Waals surface area contributed by atoms with Crippen LogP contribution in [0.2, 0.25) is 0 Å². The summed E-state index contributed by atoms with van der Waals surface area (Å²) in [7, 11) is 1.89. The maximum atomic E-state index is 9.64. The molecule has 3 aromatic heterocycles. The average Bonchev–Trinajstić information content (AvgIpc) is 3.12. The van der Waals surface area contributed by atoms with E-state index in [9.17, 15) is 5.11 Å². The summed E-state index contributed by atoms with van der Waals surface area (Å²) in [4.78, 5) is 8.99. The maximum absolute atomic E-state index is 9.64. The molecule has 0 spiro atoms. The molecule has 3 heterocycles. The summed E-state index contributed by atoms with van der Waals surface area (Å²) in [6, 6.07) is 2.10. The maximum Gasteiger partial charge on any atom is 0.163 e. The number of thiophene rings is 1. The van der Waals surface area contributed by atoms with Crippen molar-refractivity contribution in [3.8, 4) is 0 Å². The Morgan fingerprint density at radius 1 is 1.35 bits per heavy atom. The molecule has 0 aromatic carbocycles. The fourth-order valence-corrected chi connectivity index (χ4v) is 3.44. The van der Waals surface area contributed by atoms with Gasteiger partial charge in [0.25, 0.3) is 0 Å². The molecule has 3 rings (SSSR count). The van der Waals surface area contributed by atoms with Gasteiger partial charge in [-0.1, -0.05) is 0 Å². The van der Waals surface area contributed by atoms with Crippen LogP contribution in [0.25, 0.3) is 11.0 Å². The number of aliphatic hydroxyl groups is 1. The van der Waals surface area contributed by atoms with Crippen LogP contribution in [0.15, 0.2) is 16.8 Å². The third-order valence-corrected chi connectivity index (χ3v) is 4.62. The summed E-state index contributed by atoms with van der Waals surface area (Å²) in [6.45, 7) is 4.64. The molecule has 0 fully saturated rings. The van der Waals surface area contributed by atoms with Crippen molar-refractivity contribution in [3.05, 3.63) is 33.9 Å². The van der Waals surface area contributed by atoms with Gasteiger partial charge in [-0.05, 0) is 42.7 Å². The molecule has 0 aliphatic carbocycles. The molecule has 1 atom stereocenters. The van der Waals surface area contributed by atoms with E-state index < -0.39 is 0 Å². The Balaban J connectivity index is 1.80. The number of hydrogen-bond donors (Lipinski definition) is 2. The number of rotatable bonds is 6. The van der Waals surface area contributed by atoms with Gasteiger partial charge in [-0.2, -0.15) is 16.4 Å². The van der Waals surface area contributed by atoms with Crippen molar-refractivity contribution in [1.82, 2.24) is 19.7 Å². The van der Waals surface area contributed by atoms with Gasteiger partial charge in [-0.15, -0.1) is 0 Å². The largest absolute Gasteiger partial charge is 0.396 e. The summed E-state index contributed by atoms with van der Waals surface area (Å²) in [5, 5.41) is 22.6. The van der Waals surface area contributed by atoms with Crippen LogP contribution in [-0.2, 0) is 13.5 Å². The first-order chi connectivity index (χ1) is 11.1. The predicted octanol–water partition coefficient (Wildman–Crippen LogP) is 2.30. The lowest BCUT2D eigenvalue weighted by Crippen LogP contribution is -2.21. The van der Waals surface area contributed by atoms with Crippen molar-refractivity contribution in [3.63, 3.8) is 0 Å². The van der Waals surface area contributed by atoms with E-state index in [1.165, 1.54) is 5.56 Å². The second-order valence-electron chi connectivity index (χ2n) is 5.79. The Bertz CT molecular complexity index is 797. The Morgan fingerprint density at radius 2 is 2.17 bits per heavy atom. The number of nitrogens with one attached hydrogen (secondary N) is 1. The minimum Gasteiger partial charge on any atom is -0.396 e. The van der Waals surface area contributed by atoms with E-state index >= 15 is 0 Å². The molecule has 122 valence electrons. The average molecular weight is 331 g/mol. The molecule has 0 bridgehead atoms. The smallest absolute Gasteiger partial charge is 0.163 e. The SMILES string of the molecule is Cc1nc(NC[C@H](CO)Cc2ccsc2)c2c(C)nn(C)c2n1. The normalized spacial score (nSPS) is 12.7. The molecule has 0 amide bonds. The van der Waals surface area contributed by atoms with Crippen molar-refractivity contribution < 1.29 is 5.11 Å². The van der Waals surface area contributed by atoms with Gasteiger partial charge in [0.2, 0.25) is 0 Å². The third kappa shape index (κ3) is 3.35. The number of nitrogens with zero attached hydrogens (tertiary/aromatic N) is 4. The molecule has 3 aromatic rings. The molecule has 0 aliphatic rings. The van der Waals surface area contributed by atoms with Gasteiger partial charge in [0.05, 0.1) is 11.1 Å². The van der Waals surface area contributed by atoms with Crippen molar-refractivity contribution >= 4 is 28.2 Å². The monoisotopic (exact) mass is 331 g/mol. The molecule has 0 unspecified atom stereocenters. The zero-order chi connectivity index (χ0) is 16.4. The molecular formula is C16H21N5OS. The second-order valence-corrected chi connectivity index (χ2v) is 6.57. The number of hydrogen-bond acceptors (Lipinski definition) is 6. The standard InChI is InChI=1S/C16H21N5OS/c1-10-14-15(18-11(2)19-16(14)21(3)20-10)17-7-13(8-22)6-12-4-5-23-9-12/h4-5,9,13,22H,6-8H2,1-3H3,(H,17,18,19)/t13-/m1/s1. The van der Waals surface area contributed by atoms with Crippen LogP contribution >= 0.6 is 11.3 Å². The number of aryl methyl sites for hydroxylation is 3. The van der Waals surface area contributed by atoms with E-state index in [-0.39, 0.29) is 12.5 Å². The Hall–Kier alpha value is -1.99. The van der Waals surface area contributed by atoms with Crippen LogP contribution in [-0.4, -0.2) is 38.0 Å². The Kier molecular flexibility index (Phi) is 4.58. The summed E-state index contributed by atoms with van der Waals surface area (Å²) in [5.41, 5.74) is 3.00. The molecule has 7 heteroatoms. The van der Waals surface area contributed by atoms with Crippen LogP contribution in [0.1, 0.15) is 17.1 Å². The number of aliphatic hydroxyl groups excluding tert-OH is 1. The Labute approximate surface area is 139 Å². The highest BCUT2D eigenvalue weighted by molar-refractivity contribution is 7.07. The van der Waals surface area contributed by atoms with E-state index in [4.69, 9.17) is 0 Å². The van der Waals surface area contributed by atoms with Gasteiger partial charge in [-0.25, -0.2) is 9.97 Å². The lowest BCUT2D eigenvalue weighted by atomic mass is 10.0. The number of anilines is 1. The van der Waals surface area contributed by atoms with Crippen LogP contribution in [0, 0.1) is 19.8 Å². The molecule has 0 saturated carbocycles. The van der Waals surface area contributed by atoms with Crippen LogP contribution in [0.4, 0.5) is 5.82 Å². The van der Waals surface area contributed by atoms with Gasteiger partial charge in [-0.3, -0.25) is 4.68 Å². The molecule has 0 aliphatic heterocycles. The van der Waals surface area contributed by atoms with Gasteiger partial charge in [0, 0.05) is 26.1 Å². The molecular weight excluding hydrogens is 310 g/mol. The summed E-state index contributed by atoms with van der Waals surface area (Å²) in [5.74, 6) is 1.65. The van der Waals surface area contributed by atoms with Crippen LogP contribution in [0.5, 0.6) is 0 Å². The van der Waals surface area contributed by atoms with Gasteiger partial charge < -0.3 is 10.4 Å². The fraction of sp³-hybridized carbons (Fsp3) is 0.438. The molecule has 0 radical (unpaired) electrons. The van der Waals surface area contributed by atoms with E-state index in [1.807, 2.05) is 20.9 Å². The topological polar surface area (TPSA) is 75.9 Å². The van der Waals surface area contributed by atoms with E-state index in [2.05, 4.69) is 37.2 Å².